The second-order valence-electron chi connectivity index (χ2n) is 7.04. The molecule has 0 aromatic heterocycles. The Balaban J connectivity index is 1.19. The average molecular weight is 350 g/mol. The Labute approximate surface area is 145 Å². The first-order chi connectivity index (χ1) is 11.9. The summed E-state index contributed by atoms with van der Waals surface area (Å²) in [6.07, 6.45) is 8.71. The molecule has 4 N–H and O–H groups in total. The summed E-state index contributed by atoms with van der Waals surface area (Å²) in [5, 5.41) is 39.6. The number of aliphatic hydroxyl groups is 4. The zero-order chi connectivity index (χ0) is 17.7. The molecular formula is C18H22O7. The van der Waals surface area contributed by atoms with E-state index in [1.807, 2.05) is 0 Å². The molecular weight excluding hydrogens is 328 g/mol. The predicted molar refractivity (Wildman–Crippen MR) is 87.0 cm³/mol. The standard InChI is InChI=1S/C18H22O7/c19-11-1-5-17(21,6-2-11)15-13(24-15)9-23-10-14-16(25-14)18(22)7-3-12(20)4-8-18/h1-5,7,13-16,19-22H,6,8-10H2. The molecule has 2 heterocycles. The fraction of sp³-hybridized carbons (Fsp3) is 0.556. The van der Waals surface area contributed by atoms with E-state index in [4.69, 9.17) is 14.2 Å². The van der Waals surface area contributed by atoms with Crippen molar-refractivity contribution in [2.75, 3.05) is 13.2 Å². The summed E-state index contributed by atoms with van der Waals surface area (Å²) in [6, 6.07) is 0. The fourth-order valence-corrected chi connectivity index (χ4v) is 3.41. The van der Waals surface area contributed by atoms with Gasteiger partial charge in [0.1, 0.15) is 47.1 Å². The van der Waals surface area contributed by atoms with Crippen molar-refractivity contribution in [3.63, 3.8) is 0 Å². The zero-order valence-electron chi connectivity index (χ0n) is 13.6. The average Bonchev–Trinajstić information content (AvgIpc) is 3.49. The lowest BCUT2D eigenvalue weighted by Gasteiger charge is -2.23. The van der Waals surface area contributed by atoms with Gasteiger partial charge in [-0.1, -0.05) is 0 Å². The van der Waals surface area contributed by atoms with Gasteiger partial charge >= 0.3 is 0 Å². The summed E-state index contributed by atoms with van der Waals surface area (Å²) in [6.45, 7) is 0.663. The van der Waals surface area contributed by atoms with Crippen molar-refractivity contribution in [3.8, 4) is 0 Å². The summed E-state index contributed by atoms with van der Waals surface area (Å²) in [5.74, 6) is 0.292. The van der Waals surface area contributed by atoms with E-state index in [9.17, 15) is 20.4 Å². The minimum atomic E-state index is -1.10. The van der Waals surface area contributed by atoms with E-state index >= 15 is 0 Å². The van der Waals surface area contributed by atoms with Crippen molar-refractivity contribution < 1.29 is 34.6 Å². The van der Waals surface area contributed by atoms with Gasteiger partial charge in [-0.25, -0.2) is 0 Å². The van der Waals surface area contributed by atoms with E-state index in [0.717, 1.165) is 0 Å². The second kappa shape index (κ2) is 5.96. The molecule has 4 aliphatic rings. The van der Waals surface area contributed by atoms with Gasteiger partial charge in [-0.05, 0) is 36.5 Å². The van der Waals surface area contributed by atoms with Crippen molar-refractivity contribution in [1.82, 2.24) is 0 Å². The molecule has 0 saturated carbocycles. The maximum absolute atomic E-state index is 10.5. The molecule has 0 amide bonds. The van der Waals surface area contributed by atoms with Crippen LogP contribution in [0, 0.1) is 0 Å². The van der Waals surface area contributed by atoms with Crippen molar-refractivity contribution in [3.05, 3.63) is 48.0 Å². The second-order valence-corrected chi connectivity index (χ2v) is 7.04. The molecule has 4 rings (SSSR count). The molecule has 7 nitrogen and oxygen atoms in total. The number of ether oxygens (including phenoxy) is 3. The Morgan fingerprint density at radius 2 is 1.32 bits per heavy atom. The first kappa shape index (κ1) is 16.8. The van der Waals surface area contributed by atoms with Crippen LogP contribution in [0.4, 0.5) is 0 Å². The van der Waals surface area contributed by atoms with Gasteiger partial charge < -0.3 is 34.6 Å². The minimum absolute atomic E-state index is 0.146. The summed E-state index contributed by atoms with van der Waals surface area (Å²) in [7, 11) is 0. The van der Waals surface area contributed by atoms with Gasteiger partial charge in [0, 0.05) is 12.8 Å². The SMILES string of the molecule is OC1=CCC(O)(C2OC2COCC2OC2C2(O)C=CC(O)=CC2)C=C1. The minimum Gasteiger partial charge on any atom is -0.508 e. The molecule has 0 aromatic rings. The summed E-state index contributed by atoms with van der Waals surface area (Å²) in [5.41, 5.74) is -2.20. The summed E-state index contributed by atoms with van der Waals surface area (Å²) in [4.78, 5) is 0. The number of aliphatic hydroxyl groups excluding tert-OH is 2. The zero-order valence-corrected chi connectivity index (χ0v) is 13.6. The van der Waals surface area contributed by atoms with Crippen molar-refractivity contribution in [1.29, 1.82) is 0 Å². The first-order valence-corrected chi connectivity index (χ1v) is 8.40. The van der Waals surface area contributed by atoms with E-state index < -0.39 is 11.2 Å². The molecule has 2 saturated heterocycles. The van der Waals surface area contributed by atoms with Crippen LogP contribution in [0.5, 0.6) is 0 Å². The Bertz CT molecular complexity index is 610. The highest BCUT2D eigenvalue weighted by Crippen LogP contribution is 2.40. The molecule has 0 bridgehead atoms. The largest absolute Gasteiger partial charge is 0.508 e. The molecule has 7 heteroatoms. The smallest absolute Gasteiger partial charge is 0.119 e. The number of allylic oxidation sites excluding steroid dienone is 2. The number of epoxide rings is 2. The summed E-state index contributed by atoms with van der Waals surface area (Å²) < 4.78 is 16.6. The molecule has 6 unspecified atom stereocenters. The van der Waals surface area contributed by atoms with Gasteiger partial charge in [0.25, 0.3) is 0 Å². The van der Waals surface area contributed by atoms with E-state index in [1.54, 1.807) is 24.3 Å². The Hall–Kier alpha value is -1.64. The maximum atomic E-state index is 10.5. The van der Waals surface area contributed by atoms with Crippen LogP contribution in [0.1, 0.15) is 12.8 Å². The normalized spacial score (nSPS) is 45.0. The molecule has 2 aliphatic carbocycles. The molecule has 2 fully saturated rings. The van der Waals surface area contributed by atoms with Crippen LogP contribution in [0.15, 0.2) is 48.0 Å². The molecule has 0 spiro atoms. The third-order valence-electron chi connectivity index (χ3n) is 5.08. The van der Waals surface area contributed by atoms with Crippen molar-refractivity contribution in [2.45, 2.75) is 48.5 Å². The monoisotopic (exact) mass is 350 g/mol. The van der Waals surface area contributed by atoms with Gasteiger partial charge in [0.05, 0.1) is 13.2 Å². The number of hydrogen-bond donors (Lipinski definition) is 4. The maximum Gasteiger partial charge on any atom is 0.119 e. The van der Waals surface area contributed by atoms with Gasteiger partial charge in [0.2, 0.25) is 0 Å². The number of rotatable bonds is 6. The van der Waals surface area contributed by atoms with Crippen LogP contribution in [0.2, 0.25) is 0 Å². The predicted octanol–water partition coefficient (Wildman–Crippen LogP) is 0.804. The third kappa shape index (κ3) is 3.38. The lowest BCUT2D eigenvalue weighted by Crippen LogP contribution is -2.36. The molecule has 25 heavy (non-hydrogen) atoms. The van der Waals surface area contributed by atoms with Gasteiger partial charge in [0.15, 0.2) is 0 Å². The van der Waals surface area contributed by atoms with Gasteiger partial charge in [-0.3, -0.25) is 0 Å². The van der Waals surface area contributed by atoms with Gasteiger partial charge in [-0.2, -0.15) is 0 Å². The molecule has 6 atom stereocenters. The highest BCUT2D eigenvalue weighted by Gasteiger charge is 2.55. The van der Waals surface area contributed by atoms with Crippen LogP contribution in [-0.4, -0.2) is 69.3 Å². The van der Waals surface area contributed by atoms with Crippen molar-refractivity contribution >= 4 is 0 Å². The van der Waals surface area contributed by atoms with E-state index in [0.29, 0.717) is 26.1 Å². The van der Waals surface area contributed by atoms with Crippen LogP contribution in [0.3, 0.4) is 0 Å². The van der Waals surface area contributed by atoms with E-state index in [1.165, 1.54) is 12.2 Å². The topological polar surface area (TPSA) is 115 Å². The van der Waals surface area contributed by atoms with Crippen molar-refractivity contribution in [2.24, 2.45) is 0 Å². The highest BCUT2D eigenvalue weighted by atomic mass is 16.6. The van der Waals surface area contributed by atoms with Crippen LogP contribution in [-0.2, 0) is 14.2 Å². The third-order valence-corrected chi connectivity index (χ3v) is 5.08. The molecule has 136 valence electrons. The van der Waals surface area contributed by atoms with E-state index in [2.05, 4.69) is 0 Å². The first-order valence-electron chi connectivity index (χ1n) is 8.40. The van der Waals surface area contributed by atoms with Crippen LogP contribution in [0.25, 0.3) is 0 Å². The van der Waals surface area contributed by atoms with E-state index in [-0.39, 0.29) is 35.9 Å². The quantitative estimate of drug-likeness (QED) is 0.524. The molecule has 0 aromatic carbocycles. The van der Waals surface area contributed by atoms with Crippen LogP contribution >= 0.6 is 0 Å². The Kier molecular flexibility index (Phi) is 4.01. The molecule has 0 radical (unpaired) electrons. The highest BCUT2D eigenvalue weighted by molar-refractivity contribution is 5.27. The van der Waals surface area contributed by atoms with Crippen LogP contribution < -0.4 is 0 Å². The Morgan fingerprint density at radius 1 is 0.880 bits per heavy atom. The van der Waals surface area contributed by atoms with Gasteiger partial charge in [-0.15, -0.1) is 0 Å². The summed E-state index contributed by atoms with van der Waals surface area (Å²) >= 11 is 0. The fourth-order valence-electron chi connectivity index (χ4n) is 3.41. The lowest BCUT2D eigenvalue weighted by atomic mass is 9.89. The lowest BCUT2D eigenvalue weighted by molar-refractivity contribution is 0.0581. The Morgan fingerprint density at radius 3 is 1.68 bits per heavy atom. The molecule has 2 aliphatic heterocycles. The number of hydrogen-bond acceptors (Lipinski definition) is 7.